The molecule has 1 aromatic heterocycles. The second-order valence-electron chi connectivity index (χ2n) is 9.56. The van der Waals surface area contributed by atoms with Crippen LogP contribution >= 0.6 is 0 Å². The van der Waals surface area contributed by atoms with Crippen LogP contribution < -0.4 is 10.2 Å². The van der Waals surface area contributed by atoms with E-state index < -0.39 is 0 Å². The van der Waals surface area contributed by atoms with E-state index in [-0.39, 0.29) is 0 Å². The van der Waals surface area contributed by atoms with Crippen molar-refractivity contribution < 1.29 is 0 Å². The van der Waals surface area contributed by atoms with Crippen molar-refractivity contribution in [1.82, 2.24) is 4.98 Å². The van der Waals surface area contributed by atoms with E-state index in [2.05, 4.69) is 58.8 Å². The molecule has 32 heavy (non-hydrogen) atoms. The van der Waals surface area contributed by atoms with Gasteiger partial charge in [-0.25, -0.2) is 4.98 Å². The highest BCUT2D eigenvalue weighted by molar-refractivity contribution is 5.83. The van der Waals surface area contributed by atoms with Crippen LogP contribution in [0.2, 0.25) is 0 Å². The van der Waals surface area contributed by atoms with Gasteiger partial charge in [0.1, 0.15) is 5.82 Å². The Morgan fingerprint density at radius 2 is 1.78 bits per heavy atom. The molecule has 1 aliphatic carbocycles. The van der Waals surface area contributed by atoms with Gasteiger partial charge in [-0.15, -0.1) is 0 Å². The Morgan fingerprint density at radius 1 is 0.969 bits per heavy atom. The van der Waals surface area contributed by atoms with Crippen LogP contribution in [0.15, 0.2) is 60.8 Å². The van der Waals surface area contributed by atoms with E-state index in [4.69, 9.17) is 10.2 Å². The molecule has 0 spiro atoms. The Balaban J connectivity index is 1.24. The van der Waals surface area contributed by atoms with Crippen molar-refractivity contribution in [2.75, 3.05) is 23.3 Å². The number of anilines is 2. The number of pyridine rings is 1. The van der Waals surface area contributed by atoms with Crippen LogP contribution in [-0.4, -0.2) is 24.1 Å². The van der Waals surface area contributed by atoms with Gasteiger partial charge in [-0.3, -0.25) is 0 Å². The molecular formula is C28H32N4. The fraction of sp³-hybridized carbons (Fsp3) is 0.429. The molecule has 4 heteroatoms. The van der Waals surface area contributed by atoms with Crippen molar-refractivity contribution in [2.45, 2.75) is 51.0 Å². The van der Waals surface area contributed by atoms with Gasteiger partial charge in [0.2, 0.25) is 0 Å². The maximum atomic E-state index is 9.07. The molecule has 164 valence electrons. The number of benzene rings is 2. The molecule has 0 bridgehead atoms. The molecule has 2 aliphatic rings. The summed E-state index contributed by atoms with van der Waals surface area (Å²) in [5.74, 6) is 2.46. The van der Waals surface area contributed by atoms with Crippen LogP contribution in [0.1, 0.15) is 50.5 Å². The first kappa shape index (κ1) is 20.8. The molecule has 0 unspecified atom stereocenters. The lowest BCUT2D eigenvalue weighted by Gasteiger charge is -2.39. The monoisotopic (exact) mass is 424 g/mol. The third-order valence-corrected chi connectivity index (χ3v) is 7.39. The summed E-state index contributed by atoms with van der Waals surface area (Å²) in [6, 6.07) is 21.5. The molecule has 3 aromatic rings. The van der Waals surface area contributed by atoms with Crippen LogP contribution in [0.25, 0.3) is 10.8 Å². The van der Waals surface area contributed by atoms with Gasteiger partial charge in [0, 0.05) is 36.4 Å². The van der Waals surface area contributed by atoms with E-state index in [0.717, 1.165) is 30.4 Å². The fourth-order valence-corrected chi connectivity index (χ4v) is 5.70. The van der Waals surface area contributed by atoms with Gasteiger partial charge in [0.15, 0.2) is 0 Å². The number of hydrogen-bond donors (Lipinski definition) is 1. The number of nitrogens with one attached hydrogen (secondary N) is 1. The summed E-state index contributed by atoms with van der Waals surface area (Å²) in [5.41, 5.74) is 1.99. The predicted molar refractivity (Wildman–Crippen MR) is 132 cm³/mol. The Hall–Kier alpha value is -3.06. The topological polar surface area (TPSA) is 52.0 Å². The number of nitrogens with zero attached hydrogens (tertiary/aromatic N) is 3. The molecule has 2 aromatic carbocycles. The number of rotatable bonds is 5. The minimum atomic E-state index is 0.516. The molecule has 2 heterocycles. The summed E-state index contributed by atoms with van der Waals surface area (Å²) >= 11 is 0. The van der Waals surface area contributed by atoms with Crippen molar-refractivity contribution in [1.29, 1.82) is 5.26 Å². The molecule has 3 atom stereocenters. The summed E-state index contributed by atoms with van der Waals surface area (Å²) in [4.78, 5) is 7.23. The second-order valence-corrected chi connectivity index (χ2v) is 9.56. The van der Waals surface area contributed by atoms with Gasteiger partial charge < -0.3 is 10.2 Å². The smallest absolute Gasteiger partial charge is 0.126 e. The first-order chi connectivity index (χ1) is 15.8. The zero-order valence-corrected chi connectivity index (χ0v) is 18.7. The molecule has 2 fully saturated rings. The van der Waals surface area contributed by atoms with Crippen LogP contribution in [0, 0.1) is 23.2 Å². The molecule has 1 saturated carbocycles. The molecular weight excluding hydrogens is 392 g/mol. The minimum absolute atomic E-state index is 0.516. The van der Waals surface area contributed by atoms with Crippen molar-refractivity contribution in [3.05, 3.63) is 66.4 Å². The van der Waals surface area contributed by atoms with E-state index in [1.165, 1.54) is 61.4 Å². The van der Waals surface area contributed by atoms with Gasteiger partial charge in [0.25, 0.3) is 0 Å². The number of aromatic nitrogens is 1. The Labute approximate surface area is 191 Å². The lowest BCUT2D eigenvalue weighted by Crippen LogP contribution is -2.39. The highest BCUT2D eigenvalue weighted by Crippen LogP contribution is 2.35. The van der Waals surface area contributed by atoms with Gasteiger partial charge >= 0.3 is 0 Å². The molecule has 0 radical (unpaired) electrons. The Morgan fingerprint density at radius 3 is 2.62 bits per heavy atom. The second kappa shape index (κ2) is 9.61. The Bertz CT molecular complexity index is 1080. The van der Waals surface area contributed by atoms with Crippen molar-refractivity contribution in [3.63, 3.8) is 0 Å². The zero-order valence-electron chi connectivity index (χ0n) is 18.7. The van der Waals surface area contributed by atoms with Gasteiger partial charge in [-0.1, -0.05) is 37.1 Å². The summed E-state index contributed by atoms with van der Waals surface area (Å²) in [7, 11) is 0. The predicted octanol–water partition coefficient (Wildman–Crippen LogP) is 6.38. The van der Waals surface area contributed by atoms with E-state index in [9.17, 15) is 0 Å². The largest absolute Gasteiger partial charge is 0.371 e. The van der Waals surface area contributed by atoms with Crippen LogP contribution in [-0.2, 0) is 0 Å². The van der Waals surface area contributed by atoms with E-state index in [0.29, 0.717) is 12.0 Å². The van der Waals surface area contributed by atoms with Gasteiger partial charge in [0.05, 0.1) is 11.6 Å². The number of piperidine rings is 1. The maximum absolute atomic E-state index is 9.07. The van der Waals surface area contributed by atoms with E-state index in [1.54, 1.807) is 0 Å². The third kappa shape index (κ3) is 4.72. The molecule has 4 nitrogen and oxygen atoms in total. The summed E-state index contributed by atoms with van der Waals surface area (Å²) in [6.07, 6.45) is 11.1. The lowest BCUT2D eigenvalue weighted by atomic mass is 9.77. The van der Waals surface area contributed by atoms with Crippen molar-refractivity contribution in [3.8, 4) is 6.07 Å². The van der Waals surface area contributed by atoms with Crippen LogP contribution in [0.4, 0.5) is 11.5 Å². The minimum Gasteiger partial charge on any atom is -0.371 e. The van der Waals surface area contributed by atoms with Crippen molar-refractivity contribution in [2.24, 2.45) is 11.8 Å². The van der Waals surface area contributed by atoms with E-state index >= 15 is 0 Å². The molecule has 1 N–H and O–H groups in total. The molecule has 5 rings (SSSR count). The number of nitriles is 1. The maximum Gasteiger partial charge on any atom is 0.126 e. The summed E-state index contributed by atoms with van der Waals surface area (Å²) in [5, 5.41) is 15.3. The highest BCUT2D eigenvalue weighted by atomic mass is 15.1. The quantitative estimate of drug-likeness (QED) is 0.516. The number of hydrogen-bond acceptors (Lipinski definition) is 4. The number of fused-ring (bicyclic) bond motifs is 1. The average molecular weight is 425 g/mol. The molecule has 1 aliphatic heterocycles. The van der Waals surface area contributed by atoms with Crippen LogP contribution in [0.3, 0.4) is 0 Å². The summed E-state index contributed by atoms with van der Waals surface area (Å²) in [6.45, 7) is 2.25. The van der Waals surface area contributed by atoms with Gasteiger partial charge in [-0.2, -0.15) is 5.26 Å². The third-order valence-electron chi connectivity index (χ3n) is 7.39. The molecule has 1 saturated heterocycles. The fourth-order valence-electron chi connectivity index (χ4n) is 5.70. The van der Waals surface area contributed by atoms with E-state index in [1.807, 2.05) is 18.3 Å². The van der Waals surface area contributed by atoms with Crippen LogP contribution in [0.5, 0.6) is 0 Å². The summed E-state index contributed by atoms with van der Waals surface area (Å²) < 4.78 is 0. The van der Waals surface area contributed by atoms with Gasteiger partial charge in [-0.05, 0) is 79.7 Å². The lowest BCUT2D eigenvalue weighted by molar-refractivity contribution is 0.247. The zero-order chi connectivity index (χ0) is 21.8. The average Bonchev–Trinajstić information content (AvgIpc) is 2.85. The molecule has 0 amide bonds. The first-order valence-corrected chi connectivity index (χ1v) is 12.1. The standard InChI is InChI=1S/C28H32N4/c29-18-21-11-13-26(14-12-21)32-15-5-6-22(20-32)16-24-8-3-4-10-27(24)31-28-17-23-7-1-2-9-25(23)19-30-28/h1-2,7,9,11-14,17,19,22,24,27H,3-6,8,10,15-16,20H2,(H,30,31)/t22-,24+,27-/m1/s1. The Kier molecular flexibility index (Phi) is 6.25. The first-order valence-electron chi connectivity index (χ1n) is 12.1. The highest BCUT2D eigenvalue weighted by Gasteiger charge is 2.30. The SMILES string of the molecule is N#Cc1ccc(N2CCC[C@H](C[C@@H]3CCCC[C@H]3Nc3cc4ccccc4cn3)C2)cc1. The van der Waals surface area contributed by atoms with Crippen molar-refractivity contribution >= 4 is 22.3 Å². The normalized spacial score (nSPS) is 23.6.